The third-order valence-corrected chi connectivity index (χ3v) is 7.86. The first-order valence-electron chi connectivity index (χ1n) is 9.86. The van der Waals surface area contributed by atoms with Gasteiger partial charge in [0.05, 0.1) is 6.61 Å². The van der Waals surface area contributed by atoms with Gasteiger partial charge in [-0.1, -0.05) is 19.1 Å². The van der Waals surface area contributed by atoms with Gasteiger partial charge in [0.25, 0.3) is 5.91 Å². The number of fused-ring (bicyclic) bond motifs is 1. The van der Waals surface area contributed by atoms with Crippen molar-refractivity contribution in [1.82, 2.24) is 14.2 Å². The molecule has 29 heavy (non-hydrogen) atoms. The molecule has 1 saturated heterocycles. The van der Waals surface area contributed by atoms with Crippen molar-refractivity contribution < 1.29 is 17.9 Å². The van der Waals surface area contributed by atoms with Crippen molar-refractivity contribution in [3.63, 3.8) is 0 Å². The molecule has 2 aromatic rings. The lowest BCUT2D eigenvalue weighted by Crippen LogP contribution is -2.52. The Hall–Kier alpha value is -2.45. The molecule has 7 nitrogen and oxygen atoms in total. The highest BCUT2D eigenvalue weighted by Crippen LogP contribution is 2.39. The molecule has 1 spiro atoms. The van der Waals surface area contributed by atoms with Gasteiger partial charge in [-0.25, -0.2) is 8.42 Å². The molecule has 0 aliphatic carbocycles. The number of aromatic nitrogens is 1. The van der Waals surface area contributed by atoms with Crippen LogP contribution < -0.4 is 4.74 Å². The van der Waals surface area contributed by atoms with Crippen LogP contribution >= 0.6 is 0 Å². The number of likely N-dealkylation sites (tertiary alicyclic amines) is 1. The Kier molecular flexibility index (Phi) is 5.31. The van der Waals surface area contributed by atoms with E-state index in [1.54, 1.807) is 53.1 Å². The highest BCUT2D eigenvalue weighted by Gasteiger charge is 2.43. The van der Waals surface area contributed by atoms with E-state index >= 15 is 0 Å². The maximum absolute atomic E-state index is 13.2. The normalized spacial score (nSPS) is 20.9. The summed E-state index contributed by atoms with van der Waals surface area (Å²) < 4.78 is 33.9. The van der Waals surface area contributed by atoms with Crippen molar-refractivity contribution in [1.29, 1.82) is 0 Å². The number of hydrogen-bond donors (Lipinski definition) is 0. The zero-order chi connectivity index (χ0) is 20.5. The van der Waals surface area contributed by atoms with E-state index in [2.05, 4.69) is 4.98 Å². The maximum Gasteiger partial charge on any atom is 0.253 e. The van der Waals surface area contributed by atoms with Crippen LogP contribution in [0.4, 0.5) is 0 Å². The number of hydrogen-bond acceptors (Lipinski definition) is 5. The van der Waals surface area contributed by atoms with Crippen LogP contribution in [-0.2, 0) is 10.0 Å². The van der Waals surface area contributed by atoms with E-state index in [1.807, 2.05) is 11.8 Å². The van der Waals surface area contributed by atoms with Gasteiger partial charge in [-0.05, 0) is 37.1 Å². The van der Waals surface area contributed by atoms with Gasteiger partial charge in [0.2, 0.25) is 10.0 Å². The summed E-state index contributed by atoms with van der Waals surface area (Å²) >= 11 is 0. The van der Waals surface area contributed by atoms with Crippen LogP contribution in [0.5, 0.6) is 5.75 Å². The predicted octanol–water partition coefficient (Wildman–Crippen LogP) is 2.41. The van der Waals surface area contributed by atoms with Gasteiger partial charge in [-0.3, -0.25) is 9.78 Å². The second-order valence-electron chi connectivity index (χ2n) is 7.69. The van der Waals surface area contributed by atoms with Gasteiger partial charge in [0, 0.05) is 49.6 Å². The second-order valence-corrected chi connectivity index (χ2v) is 9.60. The van der Waals surface area contributed by atoms with E-state index in [0.29, 0.717) is 56.9 Å². The summed E-state index contributed by atoms with van der Waals surface area (Å²) in [5.74, 6) is 0.389. The number of benzene rings is 1. The van der Waals surface area contributed by atoms with Crippen molar-refractivity contribution in [3.05, 3.63) is 54.4 Å². The van der Waals surface area contributed by atoms with Crippen molar-refractivity contribution in [2.24, 2.45) is 5.41 Å². The Morgan fingerprint density at radius 3 is 2.52 bits per heavy atom. The Morgan fingerprint density at radius 2 is 1.83 bits per heavy atom. The summed E-state index contributed by atoms with van der Waals surface area (Å²) in [6.07, 6.45) is 4.61. The fourth-order valence-electron chi connectivity index (χ4n) is 4.10. The number of sulfonamides is 1. The minimum absolute atomic E-state index is 0.0145. The molecule has 4 rings (SSSR count). The van der Waals surface area contributed by atoms with Crippen molar-refractivity contribution in [3.8, 4) is 5.75 Å². The average molecular weight is 416 g/mol. The number of ether oxygens (including phenoxy) is 1. The van der Waals surface area contributed by atoms with Crippen LogP contribution in [0.15, 0.2) is 53.7 Å². The minimum atomic E-state index is -3.62. The van der Waals surface area contributed by atoms with Gasteiger partial charge in [0.1, 0.15) is 10.6 Å². The summed E-state index contributed by atoms with van der Waals surface area (Å²) in [5.41, 5.74) is 0.308. The average Bonchev–Trinajstić information content (AvgIpc) is 2.76. The number of nitrogens with zero attached hydrogens (tertiary/aromatic N) is 3. The highest BCUT2D eigenvalue weighted by molar-refractivity contribution is 7.89. The van der Waals surface area contributed by atoms with E-state index in [1.165, 1.54) is 0 Å². The molecule has 0 unspecified atom stereocenters. The molecule has 0 saturated carbocycles. The lowest BCUT2D eigenvalue weighted by atomic mass is 9.78. The molecule has 0 N–H and O–H groups in total. The molecule has 2 aliphatic heterocycles. The number of carbonyl (C=O) groups excluding carboxylic acids is 1. The molecule has 2 aliphatic rings. The summed E-state index contributed by atoms with van der Waals surface area (Å²) in [4.78, 5) is 18.8. The predicted molar refractivity (Wildman–Crippen MR) is 108 cm³/mol. The van der Waals surface area contributed by atoms with Crippen molar-refractivity contribution in [2.45, 2.75) is 24.7 Å². The van der Waals surface area contributed by atoms with Gasteiger partial charge in [0.15, 0.2) is 0 Å². The van der Waals surface area contributed by atoms with Crippen LogP contribution in [0.25, 0.3) is 0 Å². The standard InChI is InChI=1S/C21H25N3O4S/c1-2-24-15-21(16-28-18-5-3-4-6-19(18)29(24,26)27)9-13-23(14-10-21)20(25)17-7-11-22-12-8-17/h3-8,11-12H,2,9-10,13-16H2,1H3. The van der Waals surface area contributed by atoms with Crippen molar-refractivity contribution >= 4 is 15.9 Å². The zero-order valence-electron chi connectivity index (χ0n) is 16.5. The third kappa shape index (κ3) is 3.74. The van der Waals surface area contributed by atoms with E-state index in [0.717, 1.165) is 0 Å². The van der Waals surface area contributed by atoms with Crippen molar-refractivity contribution in [2.75, 3.05) is 32.8 Å². The first kappa shape index (κ1) is 19.8. The molecule has 1 aromatic heterocycles. The summed E-state index contributed by atoms with van der Waals surface area (Å²) in [6, 6.07) is 10.2. The molecule has 0 bridgehead atoms. The first-order valence-corrected chi connectivity index (χ1v) is 11.3. The molecule has 1 amide bonds. The van der Waals surface area contributed by atoms with Gasteiger partial charge in [-0.15, -0.1) is 0 Å². The molecular weight excluding hydrogens is 390 g/mol. The van der Waals surface area contributed by atoms with Crippen LogP contribution in [0.3, 0.4) is 0 Å². The Balaban J connectivity index is 1.56. The second kappa shape index (κ2) is 7.76. The third-order valence-electron chi connectivity index (χ3n) is 5.90. The summed E-state index contributed by atoms with van der Waals surface area (Å²) in [5, 5.41) is 0. The minimum Gasteiger partial charge on any atom is -0.492 e. The molecular formula is C21H25N3O4S. The number of pyridine rings is 1. The smallest absolute Gasteiger partial charge is 0.253 e. The van der Waals surface area contributed by atoms with Crippen LogP contribution in [-0.4, -0.2) is 61.3 Å². The topological polar surface area (TPSA) is 79.8 Å². The van der Waals surface area contributed by atoms with E-state index in [-0.39, 0.29) is 16.2 Å². The molecule has 0 atom stereocenters. The molecule has 154 valence electrons. The van der Waals surface area contributed by atoms with Crippen LogP contribution in [0.1, 0.15) is 30.1 Å². The number of amides is 1. The fourth-order valence-corrected chi connectivity index (χ4v) is 5.80. The fraction of sp³-hybridized carbons (Fsp3) is 0.429. The number of rotatable bonds is 2. The van der Waals surface area contributed by atoms with Crippen LogP contribution in [0.2, 0.25) is 0 Å². The molecule has 8 heteroatoms. The van der Waals surface area contributed by atoms with Crippen LogP contribution in [0, 0.1) is 5.41 Å². The highest BCUT2D eigenvalue weighted by atomic mass is 32.2. The maximum atomic E-state index is 13.2. The summed E-state index contributed by atoms with van der Waals surface area (Å²) in [7, 11) is -3.62. The molecule has 1 fully saturated rings. The lowest BCUT2D eigenvalue weighted by Gasteiger charge is -2.44. The Labute approximate surface area is 171 Å². The quantitative estimate of drug-likeness (QED) is 0.753. The van der Waals surface area contributed by atoms with Gasteiger partial charge < -0.3 is 9.64 Å². The lowest BCUT2D eigenvalue weighted by molar-refractivity contribution is 0.0305. The molecule has 0 radical (unpaired) electrons. The monoisotopic (exact) mass is 415 g/mol. The molecule has 1 aromatic carbocycles. The largest absolute Gasteiger partial charge is 0.492 e. The number of carbonyl (C=O) groups is 1. The van der Waals surface area contributed by atoms with E-state index in [9.17, 15) is 13.2 Å². The van der Waals surface area contributed by atoms with E-state index < -0.39 is 10.0 Å². The van der Waals surface area contributed by atoms with E-state index in [4.69, 9.17) is 4.74 Å². The van der Waals surface area contributed by atoms with Gasteiger partial charge in [-0.2, -0.15) is 4.31 Å². The zero-order valence-corrected chi connectivity index (χ0v) is 17.3. The van der Waals surface area contributed by atoms with Gasteiger partial charge >= 0.3 is 0 Å². The summed E-state index contributed by atoms with van der Waals surface area (Å²) in [6.45, 7) is 4.24. The molecule has 3 heterocycles. The number of piperidine rings is 1. The first-order chi connectivity index (χ1) is 14.0. The SMILES string of the molecule is CCN1CC2(CCN(C(=O)c3ccncc3)CC2)COc2ccccc2S1(=O)=O. The number of para-hydroxylation sites is 1. The Bertz CT molecular complexity index is 986. The Morgan fingerprint density at radius 1 is 1.14 bits per heavy atom.